The van der Waals surface area contributed by atoms with Gasteiger partial charge in [0.2, 0.25) is 0 Å². The number of carbonyl (C=O) groups is 2. The number of aromatic carboxylic acids is 2. The van der Waals surface area contributed by atoms with E-state index in [1.807, 2.05) is 6.92 Å². The van der Waals surface area contributed by atoms with E-state index in [0.29, 0.717) is 6.61 Å². The van der Waals surface area contributed by atoms with Crippen molar-refractivity contribution < 1.29 is 24.5 Å². The van der Waals surface area contributed by atoms with Gasteiger partial charge in [0, 0.05) is 0 Å². The summed E-state index contributed by atoms with van der Waals surface area (Å²) in [7, 11) is 0. The summed E-state index contributed by atoms with van der Waals surface area (Å²) in [5, 5.41) is 17.8. The molecule has 1 aromatic carbocycles. The van der Waals surface area contributed by atoms with Crippen LogP contribution in [-0.2, 0) is 0 Å². The maximum absolute atomic E-state index is 11.0. The minimum atomic E-state index is -1.30. The summed E-state index contributed by atoms with van der Waals surface area (Å²) >= 11 is 0. The second-order valence-electron chi connectivity index (χ2n) is 3.14. The molecule has 0 amide bonds. The monoisotopic (exact) mass is 224 g/mol. The quantitative estimate of drug-likeness (QED) is 0.797. The van der Waals surface area contributed by atoms with E-state index < -0.39 is 11.9 Å². The molecule has 5 heteroatoms. The normalized spacial score (nSPS) is 9.81. The van der Waals surface area contributed by atoms with E-state index in [1.165, 1.54) is 18.2 Å². The van der Waals surface area contributed by atoms with Gasteiger partial charge in [0.05, 0.1) is 12.2 Å². The van der Waals surface area contributed by atoms with Crippen molar-refractivity contribution >= 4 is 11.9 Å². The molecule has 0 aliphatic carbocycles. The van der Waals surface area contributed by atoms with Crippen molar-refractivity contribution in [3.63, 3.8) is 0 Å². The van der Waals surface area contributed by atoms with Gasteiger partial charge in [0.15, 0.2) is 0 Å². The molecule has 0 heterocycles. The Bertz CT molecular complexity index is 411. The minimum Gasteiger partial charge on any atom is -0.493 e. The van der Waals surface area contributed by atoms with E-state index in [-0.39, 0.29) is 16.9 Å². The average Bonchev–Trinajstić information content (AvgIpc) is 2.25. The third kappa shape index (κ3) is 2.50. The van der Waals surface area contributed by atoms with Crippen molar-refractivity contribution in [2.24, 2.45) is 0 Å². The van der Waals surface area contributed by atoms with Gasteiger partial charge in [-0.25, -0.2) is 9.59 Å². The minimum absolute atomic E-state index is 0.0919. The van der Waals surface area contributed by atoms with Gasteiger partial charge in [-0.15, -0.1) is 0 Å². The van der Waals surface area contributed by atoms with Gasteiger partial charge in [-0.2, -0.15) is 0 Å². The number of carboxylic acid groups (broad SMARTS) is 2. The van der Waals surface area contributed by atoms with Crippen LogP contribution in [0.5, 0.6) is 5.75 Å². The highest BCUT2D eigenvalue weighted by atomic mass is 16.5. The van der Waals surface area contributed by atoms with Crippen LogP contribution >= 0.6 is 0 Å². The molecule has 1 rings (SSSR count). The predicted molar refractivity (Wildman–Crippen MR) is 56.1 cm³/mol. The SMILES string of the molecule is CCCOc1cccc(C(=O)O)c1C(=O)O. The Morgan fingerprint density at radius 3 is 2.44 bits per heavy atom. The lowest BCUT2D eigenvalue weighted by Gasteiger charge is -2.09. The lowest BCUT2D eigenvalue weighted by Crippen LogP contribution is -2.11. The Hall–Kier alpha value is -2.04. The first-order valence-electron chi connectivity index (χ1n) is 4.80. The highest BCUT2D eigenvalue weighted by Crippen LogP contribution is 2.22. The third-order valence-corrected chi connectivity index (χ3v) is 1.93. The molecule has 0 aromatic heterocycles. The summed E-state index contributed by atoms with van der Waals surface area (Å²) in [4.78, 5) is 21.8. The third-order valence-electron chi connectivity index (χ3n) is 1.93. The lowest BCUT2D eigenvalue weighted by atomic mass is 10.1. The summed E-state index contributed by atoms with van der Waals surface area (Å²) in [6.07, 6.45) is 0.719. The first kappa shape index (κ1) is 12.0. The molecule has 0 atom stereocenters. The highest BCUT2D eigenvalue weighted by molar-refractivity contribution is 6.03. The fourth-order valence-corrected chi connectivity index (χ4v) is 1.26. The number of hydrogen-bond donors (Lipinski definition) is 2. The van der Waals surface area contributed by atoms with Gasteiger partial charge >= 0.3 is 11.9 Å². The molecular formula is C11H12O5. The largest absolute Gasteiger partial charge is 0.493 e. The van der Waals surface area contributed by atoms with Gasteiger partial charge < -0.3 is 14.9 Å². The second-order valence-corrected chi connectivity index (χ2v) is 3.14. The van der Waals surface area contributed by atoms with Crippen molar-refractivity contribution in [3.8, 4) is 5.75 Å². The zero-order chi connectivity index (χ0) is 12.1. The van der Waals surface area contributed by atoms with Crippen molar-refractivity contribution in [2.45, 2.75) is 13.3 Å². The van der Waals surface area contributed by atoms with Crippen LogP contribution in [-0.4, -0.2) is 28.8 Å². The molecule has 0 saturated heterocycles. The number of carboxylic acids is 2. The van der Waals surface area contributed by atoms with E-state index in [1.54, 1.807) is 0 Å². The van der Waals surface area contributed by atoms with E-state index in [4.69, 9.17) is 14.9 Å². The second kappa shape index (κ2) is 5.16. The Balaban J connectivity index is 3.21. The molecule has 16 heavy (non-hydrogen) atoms. The van der Waals surface area contributed by atoms with Crippen molar-refractivity contribution in [2.75, 3.05) is 6.61 Å². The van der Waals surface area contributed by atoms with Crippen molar-refractivity contribution in [1.29, 1.82) is 0 Å². The average molecular weight is 224 g/mol. The molecule has 0 spiro atoms. The van der Waals surface area contributed by atoms with Crippen LogP contribution in [0.2, 0.25) is 0 Å². The van der Waals surface area contributed by atoms with E-state index in [0.717, 1.165) is 6.42 Å². The number of ether oxygens (including phenoxy) is 1. The Morgan fingerprint density at radius 2 is 1.94 bits per heavy atom. The maximum atomic E-state index is 11.0. The molecule has 0 aliphatic heterocycles. The smallest absolute Gasteiger partial charge is 0.340 e. The zero-order valence-corrected chi connectivity index (χ0v) is 8.77. The first-order chi connectivity index (χ1) is 7.57. The van der Waals surface area contributed by atoms with Gasteiger partial charge in [-0.05, 0) is 18.6 Å². The van der Waals surface area contributed by atoms with Crippen LogP contribution in [0.15, 0.2) is 18.2 Å². The fraction of sp³-hybridized carbons (Fsp3) is 0.273. The lowest BCUT2D eigenvalue weighted by molar-refractivity contribution is 0.0647. The maximum Gasteiger partial charge on any atom is 0.340 e. The van der Waals surface area contributed by atoms with E-state index in [9.17, 15) is 9.59 Å². The molecule has 0 saturated carbocycles. The Morgan fingerprint density at radius 1 is 1.25 bits per heavy atom. The highest BCUT2D eigenvalue weighted by Gasteiger charge is 2.20. The molecule has 0 fully saturated rings. The van der Waals surface area contributed by atoms with Crippen molar-refractivity contribution in [3.05, 3.63) is 29.3 Å². The summed E-state index contributed by atoms with van der Waals surface area (Å²) in [6.45, 7) is 2.23. The van der Waals surface area contributed by atoms with Crippen LogP contribution in [0, 0.1) is 0 Å². The van der Waals surface area contributed by atoms with Crippen LogP contribution in [0.1, 0.15) is 34.1 Å². The van der Waals surface area contributed by atoms with Gasteiger partial charge in [-0.3, -0.25) is 0 Å². The van der Waals surface area contributed by atoms with Gasteiger partial charge in [0.1, 0.15) is 11.3 Å². The molecule has 0 bridgehead atoms. The molecular weight excluding hydrogens is 212 g/mol. The van der Waals surface area contributed by atoms with E-state index >= 15 is 0 Å². The summed E-state index contributed by atoms with van der Waals surface area (Å²) in [5.41, 5.74) is -0.565. The Kier molecular flexibility index (Phi) is 3.88. The zero-order valence-electron chi connectivity index (χ0n) is 8.77. The summed E-state index contributed by atoms with van der Waals surface area (Å²) in [6, 6.07) is 4.15. The molecule has 0 aliphatic rings. The first-order valence-corrected chi connectivity index (χ1v) is 4.80. The van der Waals surface area contributed by atoms with Gasteiger partial charge in [-0.1, -0.05) is 13.0 Å². The summed E-state index contributed by atoms with van der Waals surface area (Å²) < 4.78 is 5.19. The van der Waals surface area contributed by atoms with E-state index in [2.05, 4.69) is 0 Å². The number of rotatable bonds is 5. The molecule has 0 unspecified atom stereocenters. The molecule has 2 N–H and O–H groups in total. The van der Waals surface area contributed by atoms with Crippen LogP contribution in [0.25, 0.3) is 0 Å². The molecule has 1 aromatic rings. The molecule has 86 valence electrons. The number of benzene rings is 1. The number of hydrogen-bond acceptors (Lipinski definition) is 3. The van der Waals surface area contributed by atoms with Crippen molar-refractivity contribution in [1.82, 2.24) is 0 Å². The Labute approximate surface area is 92.3 Å². The fourth-order valence-electron chi connectivity index (χ4n) is 1.26. The van der Waals surface area contributed by atoms with Crippen LogP contribution in [0.4, 0.5) is 0 Å². The molecule has 0 radical (unpaired) electrons. The predicted octanol–water partition coefficient (Wildman–Crippen LogP) is 1.87. The topological polar surface area (TPSA) is 83.8 Å². The molecule has 5 nitrogen and oxygen atoms in total. The summed E-state index contributed by atoms with van der Waals surface area (Å²) in [5.74, 6) is -2.49. The van der Waals surface area contributed by atoms with Crippen LogP contribution in [0.3, 0.4) is 0 Å². The standard InChI is InChI=1S/C11H12O5/c1-2-6-16-8-5-3-4-7(10(12)13)9(8)11(14)15/h3-5H,2,6H2,1H3,(H,12,13)(H,14,15). The van der Waals surface area contributed by atoms with Crippen LogP contribution < -0.4 is 4.74 Å². The van der Waals surface area contributed by atoms with Gasteiger partial charge in [0.25, 0.3) is 0 Å².